The number of hydrogen-bond acceptors (Lipinski definition) is 3. The summed E-state index contributed by atoms with van der Waals surface area (Å²) >= 11 is 5.06. The van der Waals surface area contributed by atoms with Gasteiger partial charge in [-0.15, -0.1) is 0 Å². The number of aromatic nitrogens is 1. The molecule has 1 heterocycles. The maximum absolute atomic E-state index is 12.6. The van der Waals surface area contributed by atoms with E-state index >= 15 is 0 Å². The second-order valence-electron chi connectivity index (χ2n) is 5.34. The summed E-state index contributed by atoms with van der Waals surface area (Å²) in [5.41, 5.74) is 8.13. The van der Waals surface area contributed by atoms with E-state index in [0.717, 1.165) is 6.42 Å². The fraction of sp³-hybridized carbons (Fsp3) is 0.278. The van der Waals surface area contributed by atoms with Gasteiger partial charge in [0.25, 0.3) is 5.91 Å². The molecule has 0 saturated heterocycles. The number of nitrogens with zero attached hydrogens (tertiary/aromatic N) is 2. The molecule has 1 aromatic heterocycles. The van der Waals surface area contributed by atoms with Gasteiger partial charge >= 0.3 is 0 Å². The molecule has 0 unspecified atom stereocenters. The third-order valence-corrected chi connectivity index (χ3v) is 3.78. The number of thiocarbonyl (C=S) groups is 1. The normalized spacial score (nSPS) is 10.3. The van der Waals surface area contributed by atoms with Crippen LogP contribution in [0.3, 0.4) is 0 Å². The summed E-state index contributed by atoms with van der Waals surface area (Å²) in [4.78, 5) is 17.9. The number of nitrogens with two attached hydrogens (primary N) is 1. The SMILES string of the molecule is CCCCCc1ccc(N(C(=O)c2cccnc2)C(N)=S)cc1. The molecule has 23 heavy (non-hydrogen) atoms. The summed E-state index contributed by atoms with van der Waals surface area (Å²) in [6.45, 7) is 2.19. The Hall–Kier alpha value is -2.27. The Morgan fingerprint density at radius 2 is 1.96 bits per heavy atom. The van der Waals surface area contributed by atoms with Crippen molar-refractivity contribution in [3.8, 4) is 0 Å². The number of aryl methyl sites for hydroxylation is 1. The standard InChI is InChI=1S/C18H21N3OS/c1-2-3-4-6-14-8-10-16(11-9-14)21(18(19)23)17(22)15-7-5-12-20-13-15/h5,7-13H,2-4,6H2,1H3,(H2,19,23). The van der Waals surface area contributed by atoms with Crippen molar-refractivity contribution in [3.63, 3.8) is 0 Å². The zero-order valence-corrected chi connectivity index (χ0v) is 14.1. The largest absolute Gasteiger partial charge is 0.376 e. The molecule has 2 rings (SSSR count). The summed E-state index contributed by atoms with van der Waals surface area (Å²) in [5.74, 6) is -0.274. The van der Waals surface area contributed by atoms with Gasteiger partial charge in [-0.05, 0) is 54.9 Å². The maximum Gasteiger partial charge on any atom is 0.266 e. The number of pyridine rings is 1. The highest BCUT2D eigenvalue weighted by Crippen LogP contribution is 2.19. The monoisotopic (exact) mass is 327 g/mol. The van der Waals surface area contributed by atoms with Crippen molar-refractivity contribution in [1.82, 2.24) is 4.98 Å². The highest BCUT2D eigenvalue weighted by atomic mass is 32.1. The first-order valence-corrected chi connectivity index (χ1v) is 8.17. The topological polar surface area (TPSA) is 59.2 Å². The minimum atomic E-state index is -0.274. The summed E-state index contributed by atoms with van der Waals surface area (Å²) in [5, 5.41) is 0.0255. The lowest BCUT2D eigenvalue weighted by atomic mass is 10.1. The van der Waals surface area contributed by atoms with Crippen LogP contribution in [-0.2, 0) is 6.42 Å². The molecule has 0 saturated carbocycles. The van der Waals surface area contributed by atoms with Crippen LogP contribution in [0.15, 0.2) is 48.8 Å². The Balaban J connectivity index is 2.18. The van der Waals surface area contributed by atoms with Gasteiger partial charge in [0.05, 0.1) is 11.3 Å². The van der Waals surface area contributed by atoms with Gasteiger partial charge in [-0.3, -0.25) is 14.7 Å². The van der Waals surface area contributed by atoms with E-state index in [1.807, 2.05) is 24.3 Å². The Bertz CT molecular complexity index is 656. The molecular formula is C18H21N3OS. The molecule has 5 heteroatoms. The molecule has 120 valence electrons. The lowest BCUT2D eigenvalue weighted by Crippen LogP contribution is -2.40. The van der Waals surface area contributed by atoms with Crippen molar-refractivity contribution in [2.24, 2.45) is 5.73 Å². The first-order chi connectivity index (χ1) is 11.1. The average molecular weight is 327 g/mol. The van der Waals surface area contributed by atoms with E-state index in [9.17, 15) is 4.79 Å². The number of anilines is 1. The lowest BCUT2D eigenvalue weighted by molar-refractivity contribution is 0.100. The van der Waals surface area contributed by atoms with E-state index < -0.39 is 0 Å². The number of carbonyl (C=O) groups is 1. The third-order valence-electron chi connectivity index (χ3n) is 3.60. The summed E-state index contributed by atoms with van der Waals surface area (Å²) in [7, 11) is 0. The van der Waals surface area contributed by atoms with Crippen molar-refractivity contribution < 1.29 is 4.79 Å². The number of carbonyl (C=O) groups excluding carboxylic acids is 1. The third kappa shape index (κ3) is 4.60. The smallest absolute Gasteiger partial charge is 0.266 e. The van der Waals surface area contributed by atoms with Crippen LogP contribution in [0.4, 0.5) is 5.69 Å². The number of benzene rings is 1. The van der Waals surface area contributed by atoms with Gasteiger partial charge in [0.15, 0.2) is 5.11 Å². The molecule has 0 spiro atoms. The lowest BCUT2D eigenvalue weighted by Gasteiger charge is -2.21. The fourth-order valence-electron chi connectivity index (χ4n) is 2.35. The van der Waals surface area contributed by atoms with Gasteiger partial charge in [0.1, 0.15) is 0 Å². The number of rotatable bonds is 6. The van der Waals surface area contributed by atoms with Gasteiger partial charge in [-0.1, -0.05) is 31.9 Å². The van der Waals surface area contributed by atoms with E-state index in [1.54, 1.807) is 18.3 Å². The molecule has 0 aliphatic heterocycles. The minimum Gasteiger partial charge on any atom is -0.376 e. The van der Waals surface area contributed by atoms with Crippen LogP contribution >= 0.6 is 12.2 Å². The van der Waals surface area contributed by atoms with E-state index in [1.165, 1.54) is 35.9 Å². The zero-order chi connectivity index (χ0) is 16.7. The average Bonchev–Trinajstić information content (AvgIpc) is 2.57. The number of hydrogen-bond donors (Lipinski definition) is 1. The van der Waals surface area contributed by atoms with E-state index in [-0.39, 0.29) is 11.0 Å². The van der Waals surface area contributed by atoms with Crippen LogP contribution in [0.5, 0.6) is 0 Å². The Morgan fingerprint density at radius 1 is 1.22 bits per heavy atom. The van der Waals surface area contributed by atoms with Gasteiger partial charge in [-0.2, -0.15) is 0 Å². The van der Waals surface area contributed by atoms with Crippen LogP contribution in [-0.4, -0.2) is 16.0 Å². The van der Waals surface area contributed by atoms with Gasteiger partial charge in [-0.25, -0.2) is 0 Å². The molecule has 0 aliphatic rings. The molecule has 2 aromatic rings. The minimum absolute atomic E-state index is 0.0255. The predicted molar refractivity (Wildman–Crippen MR) is 97.5 cm³/mol. The molecule has 1 amide bonds. The van der Waals surface area contributed by atoms with Crippen LogP contribution < -0.4 is 10.6 Å². The molecule has 0 aliphatic carbocycles. The van der Waals surface area contributed by atoms with Gasteiger partial charge in [0.2, 0.25) is 0 Å². The van der Waals surface area contributed by atoms with Crippen molar-refractivity contribution in [1.29, 1.82) is 0 Å². The van der Waals surface area contributed by atoms with E-state index in [2.05, 4.69) is 11.9 Å². The molecule has 2 N–H and O–H groups in total. The number of amides is 1. The summed E-state index contributed by atoms with van der Waals surface area (Å²) < 4.78 is 0. The summed E-state index contributed by atoms with van der Waals surface area (Å²) in [6.07, 6.45) is 7.76. The first-order valence-electron chi connectivity index (χ1n) is 7.76. The molecular weight excluding hydrogens is 306 g/mol. The maximum atomic E-state index is 12.6. The second kappa shape index (κ2) is 8.39. The highest BCUT2D eigenvalue weighted by molar-refractivity contribution is 7.80. The first kappa shape index (κ1) is 17.1. The Morgan fingerprint density at radius 3 is 2.52 bits per heavy atom. The van der Waals surface area contributed by atoms with Crippen molar-refractivity contribution in [2.45, 2.75) is 32.6 Å². The highest BCUT2D eigenvalue weighted by Gasteiger charge is 2.20. The fourth-order valence-corrected chi connectivity index (χ4v) is 2.54. The van der Waals surface area contributed by atoms with Crippen LogP contribution in [0, 0.1) is 0 Å². The molecule has 0 atom stereocenters. The van der Waals surface area contributed by atoms with Gasteiger partial charge in [0, 0.05) is 12.4 Å². The Labute approximate surface area is 142 Å². The molecule has 1 aromatic carbocycles. The second-order valence-corrected chi connectivity index (χ2v) is 5.76. The molecule has 4 nitrogen and oxygen atoms in total. The Kier molecular flexibility index (Phi) is 6.23. The van der Waals surface area contributed by atoms with Crippen molar-refractivity contribution in [2.75, 3.05) is 4.90 Å². The van der Waals surface area contributed by atoms with E-state index in [0.29, 0.717) is 11.3 Å². The van der Waals surface area contributed by atoms with Crippen molar-refractivity contribution >= 4 is 28.9 Å². The van der Waals surface area contributed by atoms with Gasteiger partial charge < -0.3 is 5.73 Å². The van der Waals surface area contributed by atoms with Crippen molar-refractivity contribution in [3.05, 3.63) is 59.9 Å². The van der Waals surface area contributed by atoms with Crippen LogP contribution in [0.2, 0.25) is 0 Å². The van der Waals surface area contributed by atoms with E-state index in [4.69, 9.17) is 18.0 Å². The molecule has 0 bridgehead atoms. The predicted octanol–water partition coefficient (Wildman–Crippen LogP) is 3.70. The quantitative estimate of drug-likeness (QED) is 0.649. The molecule has 0 fully saturated rings. The summed E-state index contributed by atoms with van der Waals surface area (Å²) in [6, 6.07) is 11.2. The molecule has 0 radical (unpaired) electrons. The van der Waals surface area contributed by atoms with Crippen LogP contribution in [0.1, 0.15) is 42.1 Å². The number of unbranched alkanes of at least 4 members (excludes halogenated alkanes) is 2. The van der Waals surface area contributed by atoms with Crippen LogP contribution in [0.25, 0.3) is 0 Å². The zero-order valence-electron chi connectivity index (χ0n) is 13.2.